The lowest BCUT2D eigenvalue weighted by molar-refractivity contribution is 0.0661. The number of aromatic carboxylic acids is 1. The highest BCUT2D eigenvalue weighted by molar-refractivity contribution is 6.33. The molecule has 2 aromatic rings. The minimum absolute atomic E-state index is 0.105. The van der Waals surface area contributed by atoms with E-state index in [-0.39, 0.29) is 11.7 Å². The van der Waals surface area contributed by atoms with E-state index in [1.54, 1.807) is 24.3 Å². The number of halogens is 1. The monoisotopic (exact) mass is 265 g/mol. The first-order chi connectivity index (χ1) is 8.63. The normalized spacial score (nSPS) is 10.6. The van der Waals surface area contributed by atoms with Gasteiger partial charge in [0.05, 0.1) is 16.3 Å². The molecule has 18 heavy (non-hydrogen) atoms. The molecule has 5 heteroatoms. The van der Waals surface area contributed by atoms with Crippen molar-refractivity contribution in [2.45, 2.75) is 19.8 Å². The third-order valence-corrected chi connectivity index (χ3v) is 2.81. The Morgan fingerprint density at radius 3 is 2.78 bits per heavy atom. The van der Waals surface area contributed by atoms with Crippen LogP contribution in [0.2, 0.25) is 5.02 Å². The summed E-state index contributed by atoms with van der Waals surface area (Å²) in [6.07, 6.45) is 1.37. The number of hydrogen-bond donors (Lipinski definition) is 1. The second-order valence-electron chi connectivity index (χ2n) is 3.83. The fourth-order valence-electron chi connectivity index (χ4n) is 1.67. The van der Waals surface area contributed by atoms with E-state index in [0.717, 1.165) is 6.42 Å². The molecule has 1 aromatic carbocycles. The molecule has 0 unspecified atom stereocenters. The zero-order valence-electron chi connectivity index (χ0n) is 9.81. The van der Waals surface area contributed by atoms with Gasteiger partial charge in [0.2, 0.25) is 11.7 Å². The predicted octanol–water partition coefficient (Wildman–Crippen LogP) is 3.65. The predicted molar refractivity (Wildman–Crippen MR) is 67.9 cm³/mol. The molecule has 4 nitrogen and oxygen atoms in total. The summed E-state index contributed by atoms with van der Waals surface area (Å²) in [5.74, 6) is -0.961. The third-order valence-electron chi connectivity index (χ3n) is 2.48. The number of carboxylic acids is 1. The van der Waals surface area contributed by atoms with Gasteiger partial charge in [-0.3, -0.25) is 0 Å². The van der Waals surface area contributed by atoms with E-state index in [4.69, 9.17) is 21.1 Å². The molecule has 2 rings (SSSR count). The maximum Gasteiger partial charge on any atom is 0.373 e. The van der Waals surface area contributed by atoms with Gasteiger partial charge in [-0.05, 0) is 18.6 Å². The summed E-state index contributed by atoms with van der Waals surface area (Å²) in [6, 6.07) is 7.04. The maximum atomic E-state index is 11.1. The van der Waals surface area contributed by atoms with Crippen LogP contribution in [0.4, 0.5) is 0 Å². The van der Waals surface area contributed by atoms with Gasteiger partial charge in [0.1, 0.15) is 0 Å². The highest BCUT2D eigenvalue weighted by Gasteiger charge is 2.20. The van der Waals surface area contributed by atoms with Crippen LogP contribution in [0.5, 0.6) is 0 Å². The molecule has 0 spiro atoms. The van der Waals surface area contributed by atoms with Crippen molar-refractivity contribution >= 4 is 17.6 Å². The van der Waals surface area contributed by atoms with Crippen LogP contribution < -0.4 is 0 Å². The molecule has 0 bridgehead atoms. The van der Waals surface area contributed by atoms with E-state index in [1.165, 1.54) is 0 Å². The van der Waals surface area contributed by atoms with Crippen molar-refractivity contribution in [3.63, 3.8) is 0 Å². The summed E-state index contributed by atoms with van der Waals surface area (Å²) in [4.78, 5) is 15.3. The van der Waals surface area contributed by atoms with Crippen LogP contribution in [0, 0.1) is 0 Å². The first-order valence-corrected chi connectivity index (χ1v) is 5.99. The van der Waals surface area contributed by atoms with Gasteiger partial charge in [0, 0.05) is 0 Å². The van der Waals surface area contributed by atoms with Crippen molar-refractivity contribution in [1.29, 1.82) is 0 Å². The van der Waals surface area contributed by atoms with E-state index in [0.29, 0.717) is 22.7 Å². The van der Waals surface area contributed by atoms with E-state index < -0.39 is 5.97 Å². The standard InChI is InChI=1S/C13H12ClNO3/c1-2-5-10-11(13(16)17)18-12(15-10)8-6-3-4-7-9(8)14/h3-4,6-7H,2,5H2,1H3,(H,16,17). The molecule has 1 heterocycles. The number of aryl methyl sites for hydroxylation is 1. The Morgan fingerprint density at radius 2 is 2.17 bits per heavy atom. The Labute approximate surface area is 109 Å². The Balaban J connectivity index is 2.50. The van der Waals surface area contributed by atoms with Crippen LogP contribution in [0.25, 0.3) is 11.5 Å². The lowest BCUT2D eigenvalue weighted by atomic mass is 10.2. The third kappa shape index (κ3) is 2.38. The van der Waals surface area contributed by atoms with Gasteiger partial charge < -0.3 is 9.52 Å². The number of aromatic nitrogens is 1. The van der Waals surface area contributed by atoms with Crippen molar-refractivity contribution in [2.75, 3.05) is 0 Å². The molecule has 0 radical (unpaired) electrons. The van der Waals surface area contributed by atoms with Crippen molar-refractivity contribution in [1.82, 2.24) is 4.98 Å². The molecule has 0 saturated heterocycles. The number of oxazole rings is 1. The number of benzene rings is 1. The topological polar surface area (TPSA) is 63.3 Å². The zero-order chi connectivity index (χ0) is 13.1. The molecular formula is C13H12ClNO3. The molecule has 1 aromatic heterocycles. The molecule has 0 fully saturated rings. The number of nitrogens with zero attached hydrogens (tertiary/aromatic N) is 1. The summed E-state index contributed by atoms with van der Waals surface area (Å²) in [5.41, 5.74) is 1.06. The van der Waals surface area contributed by atoms with Crippen LogP contribution >= 0.6 is 11.6 Å². The summed E-state index contributed by atoms with van der Waals surface area (Å²) in [6.45, 7) is 1.95. The number of carboxylic acid groups (broad SMARTS) is 1. The van der Waals surface area contributed by atoms with Gasteiger partial charge in [-0.1, -0.05) is 37.1 Å². The average molecular weight is 266 g/mol. The fraction of sp³-hybridized carbons (Fsp3) is 0.231. The molecule has 0 aliphatic rings. The van der Waals surface area contributed by atoms with E-state index in [9.17, 15) is 4.79 Å². The SMILES string of the molecule is CCCc1nc(-c2ccccc2Cl)oc1C(=O)O. The van der Waals surface area contributed by atoms with E-state index >= 15 is 0 Å². The first kappa shape index (κ1) is 12.6. The van der Waals surface area contributed by atoms with E-state index in [1.807, 2.05) is 6.92 Å². The molecule has 94 valence electrons. The van der Waals surface area contributed by atoms with Crippen LogP contribution in [0.1, 0.15) is 29.6 Å². The van der Waals surface area contributed by atoms with Gasteiger partial charge in [-0.2, -0.15) is 0 Å². The molecule has 0 aliphatic carbocycles. The summed E-state index contributed by atoms with van der Waals surface area (Å²) in [5, 5.41) is 9.54. The van der Waals surface area contributed by atoms with Gasteiger partial charge in [-0.25, -0.2) is 9.78 Å². The highest BCUT2D eigenvalue weighted by Crippen LogP contribution is 2.28. The minimum atomic E-state index is -1.11. The lowest BCUT2D eigenvalue weighted by Gasteiger charge is -1.97. The first-order valence-electron chi connectivity index (χ1n) is 5.61. The van der Waals surface area contributed by atoms with Gasteiger partial charge in [-0.15, -0.1) is 0 Å². The lowest BCUT2D eigenvalue weighted by Crippen LogP contribution is -1.99. The molecular weight excluding hydrogens is 254 g/mol. The number of hydrogen-bond acceptors (Lipinski definition) is 3. The maximum absolute atomic E-state index is 11.1. The van der Waals surface area contributed by atoms with Crippen LogP contribution in [0.15, 0.2) is 28.7 Å². The Kier molecular flexibility index (Phi) is 3.67. The largest absolute Gasteiger partial charge is 0.475 e. The van der Waals surface area contributed by atoms with Crippen LogP contribution in [0.3, 0.4) is 0 Å². The highest BCUT2D eigenvalue weighted by atomic mass is 35.5. The number of rotatable bonds is 4. The zero-order valence-corrected chi connectivity index (χ0v) is 10.6. The molecule has 0 amide bonds. The Morgan fingerprint density at radius 1 is 1.44 bits per heavy atom. The van der Waals surface area contributed by atoms with Gasteiger partial charge in [0.25, 0.3) is 0 Å². The van der Waals surface area contributed by atoms with Crippen LogP contribution in [-0.2, 0) is 6.42 Å². The quantitative estimate of drug-likeness (QED) is 0.916. The summed E-state index contributed by atoms with van der Waals surface area (Å²) in [7, 11) is 0. The molecule has 1 N–H and O–H groups in total. The van der Waals surface area contributed by atoms with Crippen molar-refractivity contribution < 1.29 is 14.3 Å². The van der Waals surface area contributed by atoms with Crippen LogP contribution in [-0.4, -0.2) is 16.1 Å². The molecule has 0 atom stereocenters. The molecule has 0 saturated carbocycles. The minimum Gasteiger partial charge on any atom is -0.475 e. The van der Waals surface area contributed by atoms with Gasteiger partial charge in [0.15, 0.2) is 0 Å². The van der Waals surface area contributed by atoms with Crippen molar-refractivity contribution in [2.24, 2.45) is 0 Å². The van der Waals surface area contributed by atoms with Crippen molar-refractivity contribution in [3.8, 4) is 11.5 Å². The average Bonchev–Trinajstić information content (AvgIpc) is 2.74. The second-order valence-corrected chi connectivity index (χ2v) is 4.24. The Hall–Kier alpha value is -1.81. The summed E-state index contributed by atoms with van der Waals surface area (Å²) >= 11 is 6.03. The van der Waals surface area contributed by atoms with Gasteiger partial charge >= 0.3 is 5.97 Å². The van der Waals surface area contributed by atoms with Crippen molar-refractivity contribution in [3.05, 3.63) is 40.7 Å². The Bertz CT molecular complexity index is 577. The fourth-order valence-corrected chi connectivity index (χ4v) is 1.89. The van der Waals surface area contributed by atoms with E-state index in [2.05, 4.69) is 4.98 Å². The number of carbonyl (C=O) groups is 1. The second kappa shape index (κ2) is 5.23. The smallest absolute Gasteiger partial charge is 0.373 e. The summed E-state index contributed by atoms with van der Waals surface area (Å²) < 4.78 is 5.30. The molecule has 0 aliphatic heterocycles.